The molecule has 1 rings (SSSR count). The number of ether oxygens (including phenoxy) is 1. The number of aromatic nitrogens is 1. The van der Waals surface area contributed by atoms with Gasteiger partial charge in [0.25, 0.3) is 5.91 Å². The smallest absolute Gasteiger partial charge is 0.250 e. The molecule has 1 atom stereocenters. The summed E-state index contributed by atoms with van der Waals surface area (Å²) in [7, 11) is 0. The monoisotopic (exact) mass is 238 g/mol. The minimum absolute atomic E-state index is 0.0661. The number of carbonyl (C=O) groups excluding carboxylic acids is 1. The van der Waals surface area contributed by atoms with Crippen molar-refractivity contribution in [2.75, 3.05) is 24.2 Å². The number of nitrogens with one attached hydrogen (secondary N) is 1. The molecule has 0 saturated heterocycles. The Morgan fingerprint density at radius 2 is 2.35 bits per heavy atom. The van der Waals surface area contributed by atoms with E-state index in [1.54, 1.807) is 0 Å². The highest BCUT2D eigenvalue weighted by atomic mass is 16.5. The summed E-state index contributed by atoms with van der Waals surface area (Å²) in [4.78, 5) is 15.1. The number of primary amides is 1. The van der Waals surface area contributed by atoms with Crippen molar-refractivity contribution < 1.29 is 9.53 Å². The lowest BCUT2D eigenvalue weighted by molar-refractivity contribution is 0.0855. The van der Waals surface area contributed by atoms with Gasteiger partial charge in [-0.15, -0.1) is 0 Å². The molecule has 0 aliphatic carbocycles. The first-order chi connectivity index (χ1) is 8.04. The average molecular weight is 238 g/mol. The molecule has 1 unspecified atom stereocenters. The Kier molecular flexibility index (Phi) is 4.71. The second kappa shape index (κ2) is 6.05. The van der Waals surface area contributed by atoms with Crippen LogP contribution in [0, 0.1) is 0 Å². The Bertz CT molecular complexity index is 395. The van der Waals surface area contributed by atoms with Crippen LogP contribution in [0.3, 0.4) is 0 Å². The molecule has 0 bridgehead atoms. The fraction of sp³-hybridized carbons (Fsp3) is 0.455. The number of pyridine rings is 1. The van der Waals surface area contributed by atoms with Gasteiger partial charge in [-0.2, -0.15) is 0 Å². The quantitative estimate of drug-likeness (QED) is 0.673. The molecular formula is C11H18N4O2. The van der Waals surface area contributed by atoms with E-state index in [1.807, 2.05) is 13.8 Å². The van der Waals surface area contributed by atoms with Crippen LogP contribution in [0.15, 0.2) is 12.3 Å². The molecule has 1 heterocycles. The van der Waals surface area contributed by atoms with Crippen molar-refractivity contribution in [1.29, 1.82) is 0 Å². The molecule has 0 aliphatic heterocycles. The van der Waals surface area contributed by atoms with Crippen molar-refractivity contribution in [1.82, 2.24) is 4.98 Å². The summed E-state index contributed by atoms with van der Waals surface area (Å²) in [6, 6.07) is 1.54. The fourth-order valence-corrected chi connectivity index (χ4v) is 1.37. The van der Waals surface area contributed by atoms with Gasteiger partial charge >= 0.3 is 0 Å². The highest BCUT2D eigenvalue weighted by Crippen LogP contribution is 2.14. The zero-order valence-electron chi connectivity index (χ0n) is 10.1. The van der Waals surface area contributed by atoms with Crippen molar-refractivity contribution in [2.24, 2.45) is 5.73 Å². The molecule has 0 fully saturated rings. The summed E-state index contributed by atoms with van der Waals surface area (Å²) >= 11 is 0. The van der Waals surface area contributed by atoms with Crippen molar-refractivity contribution in [3.8, 4) is 0 Å². The fourth-order valence-electron chi connectivity index (χ4n) is 1.37. The van der Waals surface area contributed by atoms with Gasteiger partial charge in [0.05, 0.1) is 23.6 Å². The minimum atomic E-state index is -0.564. The van der Waals surface area contributed by atoms with Gasteiger partial charge in [-0.25, -0.2) is 4.98 Å². The van der Waals surface area contributed by atoms with E-state index >= 15 is 0 Å². The predicted octanol–water partition coefficient (Wildman–Crippen LogP) is 0.600. The molecule has 17 heavy (non-hydrogen) atoms. The maximum atomic E-state index is 11.1. The minimum Gasteiger partial charge on any atom is -0.397 e. The van der Waals surface area contributed by atoms with E-state index in [9.17, 15) is 4.79 Å². The standard InChI is InChI=1S/C11H18N4O2/c1-3-17-7(2)5-14-10-4-8(11(13)16)9(12)6-15-10/h4,6-7H,3,5,12H2,1-2H3,(H2,13,16)(H,14,15). The lowest BCUT2D eigenvalue weighted by Gasteiger charge is -2.13. The van der Waals surface area contributed by atoms with Gasteiger partial charge in [0.2, 0.25) is 0 Å². The Morgan fingerprint density at radius 1 is 1.65 bits per heavy atom. The van der Waals surface area contributed by atoms with E-state index < -0.39 is 5.91 Å². The largest absolute Gasteiger partial charge is 0.397 e. The van der Waals surface area contributed by atoms with Crippen LogP contribution in [0.5, 0.6) is 0 Å². The number of amides is 1. The number of anilines is 2. The SMILES string of the molecule is CCOC(C)CNc1cc(C(N)=O)c(N)cn1. The third kappa shape index (κ3) is 3.92. The zero-order valence-corrected chi connectivity index (χ0v) is 10.1. The highest BCUT2D eigenvalue weighted by Gasteiger charge is 2.08. The van der Waals surface area contributed by atoms with E-state index in [0.29, 0.717) is 19.0 Å². The van der Waals surface area contributed by atoms with Crippen LogP contribution in [0.4, 0.5) is 11.5 Å². The van der Waals surface area contributed by atoms with Gasteiger partial charge in [-0.05, 0) is 19.9 Å². The molecule has 0 aliphatic rings. The molecule has 0 aromatic carbocycles. The molecule has 0 radical (unpaired) electrons. The molecule has 0 saturated carbocycles. The van der Waals surface area contributed by atoms with Gasteiger partial charge in [-0.3, -0.25) is 4.79 Å². The molecule has 0 spiro atoms. The number of rotatable bonds is 6. The van der Waals surface area contributed by atoms with Crippen LogP contribution < -0.4 is 16.8 Å². The third-order valence-electron chi connectivity index (χ3n) is 2.22. The first kappa shape index (κ1) is 13.2. The van der Waals surface area contributed by atoms with E-state index in [0.717, 1.165) is 0 Å². The lowest BCUT2D eigenvalue weighted by Crippen LogP contribution is -2.21. The van der Waals surface area contributed by atoms with Gasteiger partial charge < -0.3 is 21.5 Å². The van der Waals surface area contributed by atoms with Gasteiger partial charge in [-0.1, -0.05) is 0 Å². The number of nitrogen functional groups attached to an aromatic ring is 1. The average Bonchev–Trinajstić information content (AvgIpc) is 2.28. The van der Waals surface area contributed by atoms with Crippen LogP contribution in [-0.2, 0) is 4.74 Å². The van der Waals surface area contributed by atoms with Gasteiger partial charge in [0, 0.05) is 13.2 Å². The maximum Gasteiger partial charge on any atom is 0.250 e. The van der Waals surface area contributed by atoms with E-state index in [-0.39, 0.29) is 17.4 Å². The first-order valence-corrected chi connectivity index (χ1v) is 5.45. The second-order valence-corrected chi connectivity index (χ2v) is 3.67. The number of nitrogens with zero attached hydrogens (tertiary/aromatic N) is 1. The lowest BCUT2D eigenvalue weighted by atomic mass is 10.2. The zero-order chi connectivity index (χ0) is 12.8. The molecular weight excluding hydrogens is 220 g/mol. The third-order valence-corrected chi connectivity index (χ3v) is 2.22. The molecule has 1 aromatic rings. The Hall–Kier alpha value is -1.82. The topological polar surface area (TPSA) is 103 Å². The molecule has 94 valence electrons. The molecule has 6 nitrogen and oxygen atoms in total. The number of hydrogen-bond donors (Lipinski definition) is 3. The summed E-state index contributed by atoms with van der Waals surface area (Å²) in [6.07, 6.45) is 1.48. The summed E-state index contributed by atoms with van der Waals surface area (Å²) in [6.45, 7) is 5.14. The molecule has 1 amide bonds. The molecule has 1 aromatic heterocycles. The summed E-state index contributed by atoms with van der Waals surface area (Å²) in [5.74, 6) is -0.00893. The van der Waals surface area contributed by atoms with E-state index in [2.05, 4.69) is 10.3 Å². The second-order valence-electron chi connectivity index (χ2n) is 3.67. The van der Waals surface area contributed by atoms with Crippen molar-refractivity contribution >= 4 is 17.4 Å². The normalized spacial score (nSPS) is 12.1. The molecule has 6 heteroatoms. The van der Waals surface area contributed by atoms with Crippen LogP contribution in [-0.4, -0.2) is 30.1 Å². The summed E-state index contributed by atoms with van der Waals surface area (Å²) < 4.78 is 5.36. The maximum absolute atomic E-state index is 11.1. The Balaban J connectivity index is 2.66. The Morgan fingerprint density at radius 3 is 2.94 bits per heavy atom. The van der Waals surface area contributed by atoms with Crippen LogP contribution in [0.2, 0.25) is 0 Å². The van der Waals surface area contributed by atoms with Crippen molar-refractivity contribution in [3.63, 3.8) is 0 Å². The van der Waals surface area contributed by atoms with Crippen LogP contribution in [0.25, 0.3) is 0 Å². The molecule has 5 N–H and O–H groups in total. The van der Waals surface area contributed by atoms with Crippen LogP contribution in [0.1, 0.15) is 24.2 Å². The van der Waals surface area contributed by atoms with E-state index in [1.165, 1.54) is 12.3 Å². The number of carbonyl (C=O) groups is 1. The predicted molar refractivity (Wildman–Crippen MR) is 66.7 cm³/mol. The summed E-state index contributed by atoms with van der Waals surface area (Å²) in [5, 5.41) is 3.05. The van der Waals surface area contributed by atoms with Gasteiger partial charge in [0.1, 0.15) is 5.82 Å². The van der Waals surface area contributed by atoms with Crippen molar-refractivity contribution in [3.05, 3.63) is 17.8 Å². The van der Waals surface area contributed by atoms with Gasteiger partial charge in [0.15, 0.2) is 0 Å². The first-order valence-electron chi connectivity index (χ1n) is 5.45. The Labute approximate surface area is 100 Å². The number of nitrogens with two attached hydrogens (primary N) is 2. The van der Waals surface area contributed by atoms with Crippen molar-refractivity contribution in [2.45, 2.75) is 20.0 Å². The van der Waals surface area contributed by atoms with E-state index in [4.69, 9.17) is 16.2 Å². The van der Waals surface area contributed by atoms with Crippen LogP contribution >= 0.6 is 0 Å². The summed E-state index contributed by atoms with van der Waals surface area (Å²) in [5.41, 5.74) is 11.3. The number of hydrogen-bond acceptors (Lipinski definition) is 5. The highest BCUT2D eigenvalue weighted by molar-refractivity contribution is 5.98.